The van der Waals surface area contributed by atoms with Gasteiger partial charge in [0, 0.05) is 6.54 Å². The highest BCUT2D eigenvalue weighted by molar-refractivity contribution is 5.60. The molecule has 0 aliphatic carbocycles. The lowest BCUT2D eigenvalue weighted by Crippen LogP contribution is -2.40. The molecule has 0 saturated carbocycles. The van der Waals surface area contributed by atoms with E-state index in [2.05, 4.69) is 49.3 Å². The van der Waals surface area contributed by atoms with Crippen molar-refractivity contribution in [3.05, 3.63) is 36.4 Å². The molecule has 98 valence electrons. The normalized spacial score (nSPS) is 16.3. The van der Waals surface area contributed by atoms with E-state index < -0.39 is 0 Å². The topological polar surface area (TPSA) is 33.3 Å². The molecule has 0 atom stereocenters. The average Bonchev–Trinajstić information content (AvgIpc) is 2.34. The number of ether oxygens (including phenoxy) is 1. The lowest BCUT2D eigenvalue weighted by Gasteiger charge is -2.33. The molecule has 2 N–H and O–H groups in total. The van der Waals surface area contributed by atoms with Crippen LogP contribution < -0.4 is 15.4 Å². The van der Waals surface area contributed by atoms with E-state index in [4.69, 9.17) is 4.74 Å². The Morgan fingerprint density at radius 1 is 1.50 bits per heavy atom. The Morgan fingerprint density at radius 2 is 2.33 bits per heavy atom. The van der Waals surface area contributed by atoms with Crippen LogP contribution in [0.5, 0.6) is 5.75 Å². The highest BCUT2D eigenvalue weighted by Crippen LogP contribution is 2.33. The van der Waals surface area contributed by atoms with Crippen molar-refractivity contribution in [3.63, 3.8) is 0 Å². The van der Waals surface area contributed by atoms with Crippen LogP contribution in [0, 0.1) is 0 Å². The molecule has 1 aromatic rings. The van der Waals surface area contributed by atoms with Gasteiger partial charge in [-0.3, -0.25) is 0 Å². The van der Waals surface area contributed by atoms with Gasteiger partial charge in [-0.1, -0.05) is 12.1 Å². The largest absolute Gasteiger partial charge is 0.484 e. The second kappa shape index (κ2) is 5.44. The molecule has 1 heterocycles. The maximum absolute atomic E-state index is 5.93. The van der Waals surface area contributed by atoms with E-state index >= 15 is 0 Å². The molecule has 0 spiro atoms. The predicted octanol–water partition coefficient (Wildman–Crippen LogP) is 2.59. The van der Waals surface area contributed by atoms with Gasteiger partial charge in [0.2, 0.25) is 0 Å². The zero-order valence-corrected chi connectivity index (χ0v) is 11.3. The monoisotopic (exact) mass is 246 g/mol. The van der Waals surface area contributed by atoms with Crippen LogP contribution in [0.25, 0.3) is 0 Å². The number of anilines is 1. The molecule has 3 nitrogen and oxygen atoms in total. The fourth-order valence-electron chi connectivity index (χ4n) is 2.04. The van der Waals surface area contributed by atoms with Crippen LogP contribution in [0.3, 0.4) is 0 Å². The van der Waals surface area contributed by atoms with Gasteiger partial charge in [0.25, 0.3) is 0 Å². The van der Waals surface area contributed by atoms with E-state index in [1.54, 1.807) is 0 Å². The third-order valence-electron chi connectivity index (χ3n) is 3.01. The minimum Gasteiger partial charge on any atom is -0.484 e. The van der Waals surface area contributed by atoms with Gasteiger partial charge in [0.1, 0.15) is 11.4 Å². The van der Waals surface area contributed by atoms with Gasteiger partial charge in [-0.25, -0.2) is 0 Å². The Labute approximate surface area is 109 Å². The van der Waals surface area contributed by atoms with E-state index in [-0.39, 0.29) is 5.60 Å². The summed E-state index contributed by atoms with van der Waals surface area (Å²) in [6.07, 6.45) is 2.90. The number of rotatable bonds is 5. The van der Waals surface area contributed by atoms with Crippen LogP contribution in [-0.4, -0.2) is 25.2 Å². The van der Waals surface area contributed by atoms with Crippen LogP contribution in [0.2, 0.25) is 0 Å². The molecule has 1 aliphatic rings. The molecule has 0 saturated heterocycles. The summed E-state index contributed by atoms with van der Waals surface area (Å²) in [6, 6.07) is 6.38. The number of hydrogen-bond donors (Lipinski definition) is 2. The first-order chi connectivity index (χ1) is 8.61. The highest BCUT2D eigenvalue weighted by Gasteiger charge is 2.25. The zero-order chi connectivity index (χ0) is 13.0. The number of hydrogen-bond acceptors (Lipinski definition) is 3. The molecule has 0 fully saturated rings. The second-order valence-corrected chi connectivity index (χ2v) is 5.29. The lowest BCUT2D eigenvalue weighted by atomic mass is 10.0. The standard InChI is InChI=1S/C15H22N2O/c1-4-8-16-9-7-12-5-6-14-13(10-12)17-11-15(2,3)18-14/h4-6,10,16-17H,1,7-9,11H2,2-3H3. The van der Waals surface area contributed by atoms with Gasteiger partial charge in [-0.15, -0.1) is 6.58 Å². The van der Waals surface area contributed by atoms with Crippen LogP contribution in [-0.2, 0) is 6.42 Å². The summed E-state index contributed by atoms with van der Waals surface area (Å²) >= 11 is 0. The summed E-state index contributed by atoms with van der Waals surface area (Å²) in [5.41, 5.74) is 2.30. The Hall–Kier alpha value is -1.48. The number of benzene rings is 1. The molecule has 0 amide bonds. The van der Waals surface area contributed by atoms with E-state index in [0.29, 0.717) is 0 Å². The van der Waals surface area contributed by atoms with Crippen LogP contribution in [0.15, 0.2) is 30.9 Å². The fourth-order valence-corrected chi connectivity index (χ4v) is 2.04. The van der Waals surface area contributed by atoms with E-state index in [1.807, 2.05) is 6.08 Å². The minimum absolute atomic E-state index is 0.125. The SMILES string of the molecule is C=CCNCCc1ccc2c(c1)NCC(C)(C)O2. The van der Waals surface area contributed by atoms with E-state index in [9.17, 15) is 0 Å². The minimum atomic E-state index is -0.125. The highest BCUT2D eigenvalue weighted by atomic mass is 16.5. The summed E-state index contributed by atoms with van der Waals surface area (Å²) < 4.78 is 5.93. The van der Waals surface area contributed by atoms with Crippen molar-refractivity contribution in [2.45, 2.75) is 25.9 Å². The fraction of sp³-hybridized carbons (Fsp3) is 0.467. The molecule has 3 heteroatoms. The third kappa shape index (κ3) is 3.26. The van der Waals surface area contributed by atoms with Crippen molar-refractivity contribution in [1.29, 1.82) is 0 Å². The molecule has 0 radical (unpaired) electrons. The van der Waals surface area contributed by atoms with Gasteiger partial charge in [-0.05, 0) is 44.5 Å². The molecule has 1 aliphatic heterocycles. The van der Waals surface area contributed by atoms with Crippen molar-refractivity contribution in [3.8, 4) is 5.75 Å². The van der Waals surface area contributed by atoms with Crippen molar-refractivity contribution >= 4 is 5.69 Å². The van der Waals surface area contributed by atoms with E-state index in [0.717, 1.165) is 37.5 Å². The second-order valence-electron chi connectivity index (χ2n) is 5.29. The summed E-state index contributed by atoms with van der Waals surface area (Å²) in [4.78, 5) is 0. The van der Waals surface area contributed by atoms with E-state index in [1.165, 1.54) is 5.56 Å². The van der Waals surface area contributed by atoms with Gasteiger partial charge in [-0.2, -0.15) is 0 Å². The molecule has 0 bridgehead atoms. The van der Waals surface area contributed by atoms with Crippen molar-refractivity contribution in [1.82, 2.24) is 5.32 Å². The Balaban J connectivity index is 1.98. The van der Waals surface area contributed by atoms with Crippen molar-refractivity contribution < 1.29 is 4.74 Å². The van der Waals surface area contributed by atoms with Crippen molar-refractivity contribution in [2.75, 3.05) is 25.0 Å². The average molecular weight is 246 g/mol. The summed E-state index contributed by atoms with van der Waals surface area (Å²) in [5.74, 6) is 0.953. The summed E-state index contributed by atoms with van der Waals surface area (Å²) in [7, 11) is 0. The van der Waals surface area contributed by atoms with Gasteiger partial charge in [0.05, 0.1) is 12.2 Å². The van der Waals surface area contributed by atoms with Crippen LogP contribution in [0.1, 0.15) is 19.4 Å². The Morgan fingerprint density at radius 3 is 3.11 bits per heavy atom. The Bertz CT molecular complexity index is 427. The Kier molecular flexibility index (Phi) is 3.92. The summed E-state index contributed by atoms with van der Waals surface area (Å²) in [6.45, 7) is 10.6. The molecular formula is C15H22N2O. The predicted molar refractivity (Wildman–Crippen MR) is 76.4 cm³/mol. The first-order valence-corrected chi connectivity index (χ1v) is 6.48. The molecule has 0 unspecified atom stereocenters. The number of nitrogens with one attached hydrogen (secondary N) is 2. The van der Waals surface area contributed by atoms with Crippen molar-refractivity contribution in [2.24, 2.45) is 0 Å². The first kappa shape index (κ1) is 13.0. The summed E-state index contributed by atoms with van der Waals surface area (Å²) in [5, 5.41) is 6.74. The molecule has 0 aromatic heterocycles. The van der Waals surface area contributed by atoms with Gasteiger partial charge in [0.15, 0.2) is 0 Å². The maximum atomic E-state index is 5.93. The van der Waals surface area contributed by atoms with Crippen LogP contribution in [0.4, 0.5) is 5.69 Å². The molecular weight excluding hydrogens is 224 g/mol. The third-order valence-corrected chi connectivity index (χ3v) is 3.01. The smallest absolute Gasteiger partial charge is 0.143 e. The zero-order valence-electron chi connectivity index (χ0n) is 11.3. The quantitative estimate of drug-likeness (QED) is 0.619. The number of fused-ring (bicyclic) bond motifs is 1. The maximum Gasteiger partial charge on any atom is 0.143 e. The molecule has 1 aromatic carbocycles. The van der Waals surface area contributed by atoms with Crippen LogP contribution >= 0.6 is 0 Å². The first-order valence-electron chi connectivity index (χ1n) is 6.48. The molecule has 18 heavy (non-hydrogen) atoms. The lowest BCUT2D eigenvalue weighted by molar-refractivity contribution is 0.116. The molecule has 2 rings (SSSR count). The van der Waals surface area contributed by atoms with Gasteiger partial charge < -0.3 is 15.4 Å². The van der Waals surface area contributed by atoms with Gasteiger partial charge >= 0.3 is 0 Å².